The van der Waals surface area contributed by atoms with Gasteiger partial charge >= 0.3 is 5.97 Å². The third-order valence-corrected chi connectivity index (χ3v) is 3.49. The van der Waals surface area contributed by atoms with Crippen molar-refractivity contribution >= 4 is 11.9 Å². The first kappa shape index (κ1) is 15.7. The Morgan fingerprint density at radius 3 is 2.68 bits per heavy atom. The molecule has 0 spiro atoms. The SMILES string of the molecule is CCn1ncc(CN(C)C(=O)Cn2ccc(C(=O)O)n2)c1C. The van der Waals surface area contributed by atoms with Crippen molar-refractivity contribution in [3.63, 3.8) is 0 Å². The predicted octanol–water partition coefficient (Wildman–Crippen LogP) is 0.765. The lowest BCUT2D eigenvalue weighted by atomic mass is 10.2. The van der Waals surface area contributed by atoms with Crippen molar-refractivity contribution < 1.29 is 14.7 Å². The lowest BCUT2D eigenvalue weighted by Gasteiger charge is -2.17. The summed E-state index contributed by atoms with van der Waals surface area (Å²) < 4.78 is 3.20. The first-order chi connectivity index (χ1) is 10.4. The molecule has 118 valence electrons. The van der Waals surface area contributed by atoms with Gasteiger partial charge in [0.25, 0.3) is 0 Å². The minimum absolute atomic E-state index is 0.00470. The van der Waals surface area contributed by atoms with E-state index in [2.05, 4.69) is 10.2 Å². The average Bonchev–Trinajstić information content (AvgIpc) is 3.07. The molecular formula is C14H19N5O3. The van der Waals surface area contributed by atoms with Crippen molar-refractivity contribution in [1.82, 2.24) is 24.5 Å². The van der Waals surface area contributed by atoms with Crippen LogP contribution >= 0.6 is 0 Å². The van der Waals surface area contributed by atoms with Crippen LogP contribution in [0, 0.1) is 6.92 Å². The number of hydrogen-bond acceptors (Lipinski definition) is 4. The molecule has 0 saturated carbocycles. The smallest absolute Gasteiger partial charge is 0.356 e. The van der Waals surface area contributed by atoms with E-state index in [1.807, 2.05) is 18.5 Å². The highest BCUT2D eigenvalue weighted by Crippen LogP contribution is 2.10. The Labute approximate surface area is 127 Å². The summed E-state index contributed by atoms with van der Waals surface area (Å²) in [7, 11) is 1.70. The van der Waals surface area contributed by atoms with Gasteiger partial charge < -0.3 is 10.0 Å². The number of nitrogens with zero attached hydrogens (tertiary/aromatic N) is 5. The highest BCUT2D eigenvalue weighted by Gasteiger charge is 2.15. The van der Waals surface area contributed by atoms with Gasteiger partial charge in [-0.3, -0.25) is 14.2 Å². The quantitative estimate of drug-likeness (QED) is 0.850. The van der Waals surface area contributed by atoms with Gasteiger partial charge in [-0.25, -0.2) is 4.79 Å². The van der Waals surface area contributed by atoms with Crippen molar-refractivity contribution in [2.45, 2.75) is 33.5 Å². The van der Waals surface area contributed by atoms with Gasteiger partial charge in [-0.1, -0.05) is 0 Å². The topological polar surface area (TPSA) is 93.2 Å². The van der Waals surface area contributed by atoms with Crippen LogP contribution in [0.3, 0.4) is 0 Å². The minimum Gasteiger partial charge on any atom is -0.476 e. The first-order valence-corrected chi connectivity index (χ1v) is 6.94. The van der Waals surface area contributed by atoms with Crippen LogP contribution in [0.5, 0.6) is 0 Å². The number of carbonyl (C=O) groups is 2. The highest BCUT2D eigenvalue weighted by molar-refractivity contribution is 5.85. The molecule has 0 fully saturated rings. The van der Waals surface area contributed by atoms with E-state index in [1.54, 1.807) is 18.1 Å². The van der Waals surface area contributed by atoms with E-state index in [4.69, 9.17) is 5.11 Å². The number of amides is 1. The molecule has 0 atom stereocenters. The van der Waals surface area contributed by atoms with Gasteiger partial charge in [0.2, 0.25) is 5.91 Å². The molecule has 2 aromatic heterocycles. The fraction of sp³-hybridized carbons (Fsp3) is 0.429. The van der Waals surface area contributed by atoms with Crippen LogP contribution < -0.4 is 0 Å². The summed E-state index contributed by atoms with van der Waals surface area (Å²) >= 11 is 0. The molecule has 2 rings (SSSR count). The van der Waals surface area contributed by atoms with Crippen molar-refractivity contribution in [2.75, 3.05) is 7.05 Å². The van der Waals surface area contributed by atoms with Crippen LogP contribution in [0.4, 0.5) is 0 Å². The van der Waals surface area contributed by atoms with Crippen molar-refractivity contribution in [2.24, 2.45) is 0 Å². The number of carbonyl (C=O) groups excluding carboxylic acids is 1. The Morgan fingerprint density at radius 1 is 1.41 bits per heavy atom. The fourth-order valence-electron chi connectivity index (χ4n) is 2.13. The molecule has 1 N–H and O–H groups in total. The number of aromatic carboxylic acids is 1. The van der Waals surface area contributed by atoms with Crippen LogP contribution in [0.2, 0.25) is 0 Å². The molecule has 1 amide bonds. The van der Waals surface area contributed by atoms with Crippen molar-refractivity contribution in [3.05, 3.63) is 35.4 Å². The molecule has 0 aliphatic carbocycles. The van der Waals surface area contributed by atoms with E-state index >= 15 is 0 Å². The maximum Gasteiger partial charge on any atom is 0.356 e. The zero-order chi connectivity index (χ0) is 16.3. The largest absolute Gasteiger partial charge is 0.476 e. The van der Waals surface area contributed by atoms with E-state index in [0.717, 1.165) is 17.8 Å². The number of carboxylic acids is 1. The molecule has 0 radical (unpaired) electrons. The summed E-state index contributed by atoms with van der Waals surface area (Å²) in [5.74, 6) is -1.26. The number of hydrogen-bond donors (Lipinski definition) is 1. The standard InChI is InChI=1S/C14H19N5O3/c1-4-19-10(2)11(7-15-19)8-17(3)13(20)9-18-6-5-12(16-18)14(21)22/h5-7H,4,8-9H2,1-3H3,(H,21,22). The summed E-state index contributed by atoms with van der Waals surface area (Å²) in [4.78, 5) is 24.5. The van der Waals surface area contributed by atoms with Crippen LogP contribution in [0.1, 0.15) is 28.7 Å². The van der Waals surface area contributed by atoms with E-state index in [-0.39, 0.29) is 18.1 Å². The van der Waals surface area contributed by atoms with Gasteiger partial charge in [0.05, 0.1) is 6.20 Å². The maximum absolute atomic E-state index is 12.2. The van der Waals surface area contributed by atoms with Gasteiger partial charge in [0, 0.05) is 37.6 Å². The second-order valence-electron chi connectivity index (χ2n) is 5.02. The Kier molecular flexibility index (Phi) is 4.59. The molecule has 22 heavy (non-hydrogen) atoms. The van der Waals surface area contributed by atoms with Gasteiger partial charge in [-0.2, -0.15) is 10.2 Å². The van der Waals surface area contributed by atoms with Crippen LogP contribution in [0.25, 0.3) is 0 Å². The number of aryl methyl sites for hydroxylation is 1. The lowest BCUT2D eigenvalue weighted by molar-refractivity contribution is -0.131. The number of likely N-dealkylation sites (N-methyl/N-ethyl adjacent to an activating group) is 1. The monoisotopic (exact) mass is 305 g/mol. The highest BCUT2D eigenvalue weighted by atomic mass is 16.4. The number of rotatable bonds is 6. The zero-order valence-electron chi connectivity index (χ0n) is 12.9. The normalized spacial score (nSPS) is 10.7. The number of carboxylic acid groups (broad SMARTS) is 1. The summed E-state index contributed by atoms with van der Waals surface area (Å²) in [5.41, 5.74) is 1.95. The molecule has 0 unspecified atom stereocenters. The molecule has 2 aromatic rings. The summed E-state index contributed by atoms with van der Waals surface area (Å²) in [6.45, 7) is 5.23. The van der Waals surface area contributed by atoms with Crippen LogP contribution in [-0.4, -0.2) is 48.5 Å². The lowest BCUT2D eigenvalue weighted by Crippen LogP contribution is -2.30. The third-order valence-electron chi connectivity index (χ3n) is 3.49. The van der Waals surface area contributed by atoms with E-state index < -0.39 is 5.97 Å². The molecule has 8 nitrogen and oxygen atoms in total. The van der Waals surface area contributed by atoms with Crippen LogP contribution in [-0.2, 0) is 24.4 Å². The Bertz CT molecular complexity index is 688. The average molecular weight is 305 g/mol. The molecule has 0 aromatic carbocycles. The second kappa shape index (κ2) is 6.42. The second-order valence-corrected chi connectivity index (χ2v) is 5.02. The van der Waals surface area contributed by atoms with E-state index in [9.17, 15) is 9.59 Å². The molecular weight excluding hydrogens is 286 g/mol. The van der Waals surface area contributed by atoms with Crippen LogP contribution in [0.15, 0.2) is 18.5 Å². The minimum atomic E-state index is -1.11. The maximum atomic E-state index is 12.2. The van der Waals surface area contributed by atoms with E-state index in [0.29, 0.717) is 6.54 Å². The van der Waals surface area contributed by atoms with Crippen molar-refractivity contribution in [1.29, 1.82) is 0 Å². The molecule has 2 heterocycles. The summed E-state index contributed by atoms with van der Waals surface area (Å²) in [6, 6.07) is 1.37. The molecule has 0 aliphatic rings. The Morgan fingerprint density at radius 2 is 2.14 bits per heavy atom. The first-order valence-electron chi connectivity index (χ1n) is 6.94. The summed E-state index contributed by atoms with van der Waals surface area (Å²) in [5, 5.41) is 16.9. The van der Waals surface area contributed by atoms with Gasteiger partial charge in [0.15, 0.2) is 5.69 Å². The molecule has 0 aliphatic heterocycles. The fourth-order valence-corrected chi connectivity index (χ4v) is 2.13. The Balaban J connectivity index is 1.99. The Hall–Kier alpha value is -2.64. The van der Waals surface area contributed by atoms with E-state index in [1.165, 1.54) is 16.9 Å². The third kappa shape index (κ3) is 3.33. The van der Waals surface area contributed by atoms with Crippen molar-refractivity contribution in [3.8, 4) is 0 Å². The zero-order valence-corrected chi connectivity index (χ0v) is 12.9. The van der Waals surface area contributed by atoms with Gasteiger partial charge in [0.1, 0.15) is 6.54 Å². The predicted molar refractivity (Wildman–Crippen MR) is 78.3 cm³/mol. The molecule has 8 heteroatoms. The molecule has 0 saturated heterocycles. The molecule has 0 bridgehead atoms. The summed E-state index contributed by atoms with van der Waals surface area (Å²) in [6.07, 6.45) is 3.24. The van der Waals surface area contributed by atoms with Gasteiger partial charge in [-0.15, -0.1) is 0 Å². The number of aromatic nitrogens is 4. The van der Waals surface area contributed by atoms with Gasteiger partial charge in [-0.05, 0) is 19.9 Å².